The number of rotatable bonds is 4. The summed E-state index contributed by atoms with van der Waals surface area (Å²) in [6.45, 7) is 8.18. The highest BCUT2D eigenvalue weighted by Crippen LogP contribution is 2.40. The Labute approximate surface area is 170 Å². The normalized spacial score (nSPS) is 27.4. The van der Waals surface area contributed by atoms with Crippen LogP contribution in [0.25, 0.3) is 0 Å². The molecule has 1 aliphatic carbocycles. The van der Waals surface area contributed by atoms with E-state index in [1.165, 1.54) is 18.7 Å². The van der Waals surface area contributed by atoms with E-state index < -0.39 is 47.9 Å². The van der Waals surface area contributed by atoms with Crippen LogP contribution < -0.4 is 5.32 Å². The van der Waals surface area contributed by atoms with Crippen molar-refractivity contribution in [1.82, 2.24) is 10.2 Å². The number of nitrogens with one attached hydrogen (secondary N) is 1. The minimum absolute atomic E-state index is 0.122. The molecule has 0 bridgehead atoms. The van der Waals surface area contributed by atoms with Crippen molar-refractivity contribution in [2.75, 3.05) is 0 Å². The molecular formula is C20H33F3N2O4. The molecule has 0 aromatic carbocycles. The van der Waals surface area contributed by atoms with Gasteiger partial charge in [0.05, 0.1) is 6.04 Å². The zero-order valence-electron chi connectivity index (χ0n) is 17.8. The minimum atomic E-state index is -4.85. The largest absolute Gasteiger partial charge is 0.444 e. The number of alkyl halides is 3. The number of fused-ring (bicyclic) bond motifs is 1. The Morgan fingerprint density at radius 3 is 2.24 bits per heavy atom. The molecule has 5 atom stereocenters. The predicted octanol–water partition coefficient (Wildman–Crippen LogP) is 3.62. The molecular weight excluding hydrogens is 389 g/mol. The zero-order chi connectivity index (χ0) is 22.1. The van der Waals surface area contributed by atoms with Gasteiger partial charge in [-0.25, -0.2) is 4.79 Å². The van der Waals surface area contributed by atoms with Crippen LogP contribution in [0.2, 0.25) is 0 Å². The van der Waals surface area contributed by atoms with Crippen molar-refractivity contribution in [3.63, 3.8) is 0 Å². The van der Waals surface area contributed by atoms with Crippen LogP contribution in [0, 0.1) is 11.8 Å². The van der Waals surface area contributed by atoms with Gasteiger partial charge in [-0.05, 0) is 51.9 Å². The zero-order valence-corrected chi connectivity index (χ0v) is 17.8. The first-order valence-electron chi connectivity index (χ1n) is 10.3. The predicted molar refractivity (Wildman–Crippen MR) is 101 cm³/mol. The summed E-state index contributed by atoms with van der Waals surface area (Å²) in [5.74, 6) is -1.20. The molecule has 1 heterocycles. The number of carbonyl (C=O) groups excluding carboxylic acids is 2. The van der Waals surface area contributed by atoms with E-state index in [9.17, 15) is 27.9 Å². The number of ether oxygens (including phenoxy) is 1. The van der Waals surface area contributed by atoms with E-state index in [4.69, 9.17) is 4.74 Å². The Hall–Kier alpha value is -1.51. The van der Waals surface area contributed by atoms with E-state index in [2.05, 4.69) is 5.32 Å². The molecule has 2 unspecified atom stereocenters. The number of nitrogens with zero attached hydrogens (tertiary/aromatic N) is 1. The van der Waals surface area contributed by atoms with Gasteiger partial charge < -0.3 is 15.2 Å². The van der Waals surface area contributed by atoms with Gasteiger partial charge in [0.15, 0.2) is 6.10 Å². The van der Waals surface area contributed by atoms with E-state index in [0.717, 1.165) is 25.7 Å². The molecule has 0 radical (unpaired) electrons. The second-order valence-corrected chi connectivity index (χ2v) is 9.52. The van der Waals surface area contributed by atoms with Crippen LogP contribution in [-0.4, -0.2) is 58.0 Å². The second kappa shape index (κ2) is 8.70. The Balaban J connectivity index is 2.23. The SMILES string of the molecule is CC(C)C(NC(=O)[C@@H]1C[C@@H]2CCCC[C@@H]2N1C(=O)OC(C)(C)C)C(O)C(F)(F)F. The summed E-state index contributed by atoms with van der Waals surface area (Å²) in [7, 11) is 0. The number of hydrogen-bond donors (Lipinski definition) is 2. The average Bonchev–Trinajstić information content (AvgIpc) is 2.96. The smallest absolute Gasteiger partial charge is 0.416 e. The maximum Gasteiger partial charge on any atom is 0.416 e. The summed E-state index contributed by atoms with van der Waals surface area (Å²) in [5, 5.41) is 12.1. The van der Waals surface area contributed by atoms with Gasteiger partial charge in [-0.1, -0.05) is 26.7 Å². The summed E-state index contributed by atoms with van der Waals surface area (Å²) in [6.07, 6.45) is -4.22. The van der Waals surface area contributed by atoms with Crippen molar-refractivity contribution < 1.29 is 32.6 Å². The molecule has 2 N–H and O–H groups in total. The third-order valence-electron chi connectivity index (χ3n) is 5.70. The standard InChI is InChI=1S/C20H33F3N2O4/c1-11(2)15(16(26)20(21,22)23)24-17(27)14-10-12-8-6-7-9-13(12)25(14)18(28)29-19(3,4)5/h11-16,26H,6-10H2,1-5H3,(H,24,27)/t12-,13-,14-,15?,16?/m0/s1. The first-order chi connectivity index (χ1) is 13.2. The fraction of sp³-hybridized carbons (Fsp3) is 0.900. The molecule has 29 heavy (non-hydrogen) atoms. The van der Waals surface area contributed by atoms with Crippen molar-refractivity contribution in [1.29, 1.82) is 0 Å². The van der Waals surface area contributed by atoms with Crippen LogP contribution in [0.15, 0.2) is 0 Å². The van der Waals surface area contributed by atoms with Crippen LogP contribution in [0.4, 0.5) is 18.0 Å². The minimum Gasteiger partial charge on any atom is -0.444 e. The van der Waals surface area contributed by atoms with Gasteiger partial charge in [0.1, 0.15) is 11.6 Å². The summed E-state index contributed by atoms with van der Waals surface area (Å²) in [6, 6.07) is -2.55. The van der Waals surface area contributed by atoms with Gasteiger partial charge in [-0.15, -0.1) is 0 Å². The molecule has 1 saturated carbocycles. The number of amides is 2. The van der Waals surface area contributed by atoms with E-state index >= 15 is 0 Å². The van der Waals surface area contributed by atoms with Gasteiger partial charge in [0.25, 0.3) is 0 Å². The molecule has 0 aromatic heterocycles. The fourth-order valence-electron chi connectivity index (χ4n) is 4.35. The van der Waals surface area contributed by atoms with Crippen molar-refractivity contribution >= 4 is 12.0 Å². The summed E-state index contributed by atoms with van der Waals surface area (Å²) in [4.78, 5) is 27.2. The maximum absolute atomic E-state index is 13.0. The van der Waals surface area contributed by atoms with Gasteiger partial charge >= 0.3 is 12.3 Å². The van der Waals surface area contributed by atoms with E-state index in [-0.39, 0.29) is 12.0 Å². The van der Waals surface area contributed by atoms with Crippen LogP contribution in [0.1, 0.15) is 66.7 Å². The van der Waals surface area contributed by atoms with Crippen LogP contribution in [-0.2, 0) is 9.53 Å². The van der Waals surface area contributed by atoms with E-state index in [0.29, 0.717) is 6.42 Å². The molecule has 6 nitrogen and oxygen atoms in total. The molecule has 1 aliphatic heterocycles. The van der Waals surface area contributed by atoms with Crippen LogP contribution in [0.3, 0.4) is 0 Å². The quantitative estimate of drug-likeness (QED) is 0.725. The lowest BCUT2D eigenvalue weighted by Crippen LogP contribution is -2.57. The highest BCUT2D eigenvalue weighted by Gasteiger charge is 2.51. The van der Waals surface area contributed by atoms with Gasteiger partial charge in [0.2, 0.25) is 5.91 Å². The molecule has 0 spiro atoms. The lowest BCUT2D eigenvalue weighted by molar-refractivity contribution is -0.215. The van der Waals surface area contributed by atoms with Gasteiger partial charge in [-0.3, -0.25) is 9.69 Å². The molecule has 2 aliphatic rings. The number of aliphatic hydroxyl groups is 1. The van der Waals surface area contributed by atoms with Crippen molar-refractivity contribution in [2.24, 2.45) is 11.8 Å². The molecule has 2 amide bonds. The van der Waals surface area contributed by atoms with Gasteiger partial charge in [-0.2, -0.15) is 13.2 Å². The number of hydrogen-bond acceptors (Lipinski definition) is 4. The van der Waals surface area contributed by atoms with E-state index in [1.807, 2.05) is 0 Å². The molecule has 2 fully saturated rings. The Bertz CT molecular complexity index is 604. The highest BCUT2D eigenvalue weighted by molar-refractivity contribution is 5.87. The lowest BCUT2D eigenvalue weighted by atomic mass is 9.84. The molecule has 168 valence electrons. The Morgan fingerprint density at radius 1 is 1.14 bits per heavy atom. The second-order valence-electron chi connectivity index (χ2n) is 9.52. The first kappa shape index (κ1) is 23.8. The molecule has 2 rings (SSSR count). The average molecular weight is 422 g/mol. The number of aliphatic hydroxyl groups excluding tert-OH is 1. The van der Waals surface area contributed by atoms with Crippen LogP contribution >= 0.6 is 0 Å². The van der Waals surface area contributed by atoms with Crippen molar-refractivity contribution in [2.45, 2.75) is 103 Å². The topological polar surface area (TPSA) is 78.9 Å². The molecule has 1 saturated heterocycles. The Morgan fingerprint density at radius 2 is 1.72 bits per heavy atom. The maximum atomic E-state index is 13.0. The third-order valence-corrected chi connectivity index (χ3v) is 5.70. The van der Waals surface area contributed by atoms with E-state index in [1.54, 1.807) is 20.8 Å². The third kappa shape index (κ3) is 5.77. The molecule has 0 aromatic rings. The fourth-order valence-corrected chi connectivity index (χ4v) is 4.35. The first-order valence-corrected chi connectivity index (χ1v) is 10.3. The Kier molecular flexibility index (Phi) is 7.13. The monoisotopic (exact) mass is 422 g/mol. The van der Waals surface area contributed by atoms with Gasteiger partial charge in [0, 0.05) is 6.04 Å². The number of likely N-dealkylation sites (tertiary alicyclic amines) is 1. The lowest BCUT2D eigenvalue weighted by Gasteiger charge is -2.36. The summed E-state index contributed by atoms with van der Waals surface area (Å²) >= 11 is 0. The number of halogens is 3. The summed E-state index contributed by atoms with van der Waals surface area (Å²) in [5.41, 5.74) is -0.752. The number of carbonyl (C=O) groups is 2. The highest BCUT2D eigenvalue weighted by atomic mass is 19.4. The van der Waals surface area contributed by atoms with Crippen LogP contribution in [0.5, 0.6) is 0 Å². The molecule has 9 heteroatoms. The van der Waals surface area contributed by atoms with Crippen molar-refractivity contribution in [3.8, 4) is 0 Å². The van der Waals surface area contributed by atoms with Crippen molar-refractivity contribution in [3.05, 3.63) is 0 Å². The summed E-state index contributed by atoms with van der Waals surface area (Å²) < 4.78 is 44.6.